The van der Waals surface area contributed by atoms with Crippen molar-refractivity contribution < 1.29 is 17.9 Å². The van der Waals surface area contributed by atoms with Gasteiger partial charge in [-0.05, 0) is 47.8 Å². The highest BCUT2D eigenvalue weighted by atomic mass is 32.2. The van der Waals surface area contributed by atoms with Crippen LogP contribution in [0.2, 0.25) is 0 Å². The van der Waals surface area contributed by atoms with E-state index in [0.717, 1.165) is 11.3 Å². The van der Waals surface area contributed by atoms with Crippen molar-refractivity contribution in [2.75, 3.05) is 14.2 Å². The molecule has 0 aliphatic rings. The molecule has 0 aliphatic carbocycles. The van der Waals surface area contributed by atoms with Gasteiger partial charge in [0.15, 0.2) is 5.11 Å². The van der Waals surface area contributed by atoms with E-state index in [1.54, 1.807) is 17.4 Å². The molecule has 0 saturated carbocycles. The van der Waals surface area contributed by atoms with Crippen LogP contribution in [-0.4, -0.2) is 33.6 Å². The molecule has 3 N–H and O–H groups in total. The van der Waals surface area contributed by atoms with Crippen molar-refractivity contribution in [2.24, 2.45) is 0 Å². The summed E-state index contributed by atoms with van der Waals surface area (Å²) in [6.45, 7) is 2.00. The van der Waals surface area contributed by atoms with Crippen molar-refractivity contribution in [1.82, 2.24) is 15.4 Å². The third-order valence-corrected chi connectivity index (χ3v) is 6.76. The molecular formula is C18H23N3O4S3. The Labute approximate surface area is 174 Å². The summed E-state index contributed by atoms with van der Waals surface area (Å²) in [6.07, 6.45) is 0.810. The second-order valence-electron chi connectivity index (χ2n) is 5.89. The number of benzene rings is 1. The highest BCUT2D eigenvalue weighted by Gasteiger charge is 2.22. The van der Waals surface area contributed by atoms with Crippen LogP contribution >= 0.6 is 23.6 Å². The van der Waals surface area contributed by atoms with E-state index < -0.39 is 10.0 Å². The van der Waals surface area contributed by atoms with Crippen LogP contribution in [0.1, 0.15) is 29.8 Å². The molecule has 2 rings (SSSR count). The summed E-state index contributed by atoms with van der Waals surface area (Å²) >= 11 is 6.47. The molecule has 1 unspecified atom stereocenters. The molecule has 28 heavy (non-hydrogen) atoms. The van der Waals surface area contributed by atoms with E-state index in [0.29, 0.717) is 5.56 Å². The van der Waals surface area contributed by atoms with Crippen LogP contribution in [-0.2, 0) is 21.2 Å². The summed E-state index contributed by atoms with van der Waals surface area (Å²) in [7, 11) is -1.05. The maximum absolute atomic E-state index is 12.6. The van der Waals surface area contributed by atoms with Gasteiger partial charge in [-0.25, -0.2) is 8.42 Å². The summed E-state index contributed by atoms with van der Waals surface area (Å²) in [4.78, 5) is 13.5. The molecule has 10 heteroatoms. The van der Waals surface area contributed by atoms with Crippen LogP contribution in [0.25, 0.3) is 0 Å². The topological polar surface area (TPSA) is 96.5 Å². The highest BCUT2D eigenvalue weighted by Crippen LogP contribution is 2.26. The summed E-state index contributed by atoms with van der Waals surface area (Å²) in [5, 5.41) is 7.47. The lowest BCUT2D eigenvalue weighted by molar-refractivity contribution is -0.121. The molecule has 152 valence electrons. The number of carbonyl (C=O) groups is 1. The van der Waals surface area contributed by atoms with Gasteiger partial charge in [0.05, 0.1) is 19.6 Å². The number of rotatable bonds is 8. The smallest absolute Gasteiger partial charge is 0.267 e. The monoisotopic (exact) mass is 441 g/mol. The van der Waals surface area contributed by atoms with Crippen molar-refractivity contribution in [3.05, 3.63) is 46.2 Å². The van der Waals surface area contributed by atoms with Crippen molar-refractivity contribution in [3.63, 3.8) is 0 Å². The zero-order valence-corrected chi connectivity index (χ0v) is 18.3. The Morgan fingerprint density at radius 1 is 1.32 bits per heavy atom. The SMILES string of the molecule is CCC(NC(=O)Cc1ccc(OC)c(S(=O)(=O)NC(=S)NC)c1)c1cccs1. The minimum absolute atomic E-state index is 0.0352. The number of hydrogen-bond donors (Lipinski definition) is 3. The van der Waals surface area contributed by atoms with Crippen molar-refractivity contribution in [1.29, 1.82) is 0 Å². The molecule has 0 spiro atoms. The van der Waals surface area contributed by atoms with Gasteiger partial charge < -0.3 is 15.4 Å². The van der Waals surface area contributed by atoms with Gasteiger partial charge in [-0.2, -0.15) is 0 Å². The normalized spacial score (nSPS) is 12.1. The van der Waals surface area contributed by atoms with E-state index in [-0.39, 0.29) is 34.1 Å². The van der Waals surface area contributed by atoms with Gasteiger partial charge in [-0.1, -0.05) is 19.1 Å². The van der Waals surface area contributed by atoms with Crippen molar-refractivity contribution in [2.45, 2.75) is 30.7 Å². The summed E-state index contributed by atoms with van der Waals surface area (Å²) in [5.41, 5.74) is 0.551. The molecular weight excluding hydrogens is 418 g/mol. The number of methoxy groups -OCH3 is 1. The Hall–Kier alpha value is -2.17. The minimum atomic E-state index is -3.94. The predicted octanol–water partition coefficient (Wildman–Crippen LogP) is 2.35. The van der Waals surface area contributed by atoms with Crippen LogP contribution < -0.4 is 20.1 Å². The third kappa shape index (κ3) is 5.66. The molecule has 0 fully saturated rings. The Bertz CT molecular complexity index is 928. The second-order valence-corrected chi connectivity index (χ2v) is 8.93. The number of amides is 1. The maximum atomic E-state index is 12.6. The molecule has 0 aliphatic heterocycles. The van der Waals surface area contributed by atoms with E-state index in [2.05, 4.69) is 15.4 Å². The first-order valence-electron chi connectivity index (χ1n) is 8.55. The van der Waals surface area contributed by atoms with Crippen LogP contribution in [0.4, 0.5) is 0 Å². The van der Waals surface area contributed by atoms with Gasteiger partial charge >= 0.3 is 0 Å². The largest absolute Gasteiger partial charge is 0.495 e. The number of hydrogen-bond acceptors (Lipinski definition) is 6. The molecule has 1 amide bonds. The first-order chi connectivity index (χ1) is 13.3. The lowest BCUT2D eigenvalue weighted by Crippen LogP contribution is -2.37. The van der Waals surface area contributed by atoms with Gasteiger partial charge in [-0.15, -0.1) is 11.3 Å². The van der Waals surface area contributed by atoms with Crippen LogP contribution in [0, 0.1) is 0 Å². The maximum Gasteiger partial charge on any atom is 0.267 e. The lowest BCUT2D eigenvalue weighted by Gasteiger charge is -2.16. The summed E-state index contributed by atoms with van der Waals surface area (Å²) < 4.78 is 32.6. The molecule has 0 saturated heterocycles. The molecule has 1 heterocycles. The van der Waals surface area contributed by atoms with E-state index >= 15 is 0 Å². The fourth-order valence-corrected chi connectivity index (χ4v) is 4.93. The van der Waals surface area contributed by atoms with Crippen molar-refractivity contribution >= 4 is 44.6 Å². The quantitative estimate of drug-likeness (QED) is 0.544. The summed E-state index contributed by atoms with van der Waals surface area (Å²) in [5.74, 6) is -0.0203. The Kier molecular flexibility index (Phi) is 7.78. The average Bonchev–Trinajstić information content (AvgIpc) is 3.20. The van der Waals surface area contributed by atoms with E-state index in [1.165, 1.54) is 26.3 Å². The van der Waals surface area contributed by atoms with E-state index in [4.69, 9.17) is 17.0 Å². The highest BCUT2D eigenvalue weighted by molar-refractivity contribution is 7.92. The predicted molar refractivity (Wildman–Crippen MR) is 114 cm³/mol. The molecule has 2 aromatic rings. The number of thiophene rings is 1. The Morgan fingerprint density at radius 2 is 2.07 bits per heavy atom. The van der Waals surface area contributed by atoms with Gasteiger partial charge in [0.25, 0.3) is 10.0 Å². The molecule has 7 nitrogen and oxygen atoms in total. The number of thiocarbonyl (C=S) groups is 1. The van der Waals surface area contributed by atoms with Crippen LogP contribution in [0.5, 0.6) is 5.75 Å². The van der Waals surface area contributed by atoms with E-state index in [9.17, 15) is 13.2 Å². The fraction of sp³-hybridized carbons (Fsp3) is 0.333. The zero-order chi connectivity index (χ0) is 20.7. The number of ether oxygens (including phenoxy) is 1. The van der Waals surface area contributed by atoms with E-state index in [1.807, 2.05) is 24.4 Å². The first-order valence-corrected chi connectivity index (χ1v) is 11.3. The van der Waals surface area contributed by atoms with Crippen LogP contribution in [0.3, 0.4) is 0 Å². The standard InChI is InChI=1S/C18H23N3O4S3/c1-4-13(15-6-5-9-27-15)20-17(22)11-12-7-8-14(25-3)16(10-12)28(23,24)21-18(26)19-2/h5-10,13H,4,11H2,1-3H3,(H,20,22)(H2,19,21,26). The second kappa shape index (κ2) is 9.85. The molecule has 0 bridgehead atoms. The third-order valence-electron chi connectivity index (χ3n) is 3.97. The number of nitrogens with one attached hydrogen (secondary N) is 3. The molecule has 1 atom stereocenters. The van der Waals surface area contributed by atoms with Crippen LogP contribution in [0.15, 0.2) is 40.6 Å². The van der Waals surface area contributed by atoms with Gasteiger partial charge in [0.2, 0.25) is 5.91 Å². The zero-order valence-electron chi connectivity index (χ0n) is 15.8. The number of sulfonamides is 1. The Morgan fingerprint density at radius 3 is 2.64 bits per heavy atom. The van der Waals surface area contributed by atoms with Gasteiger partial charge in [0.1, 0.15) is 10.6 Å². The lowest BCUT2D eigenvalue weighted by atomic mass is 10.1. The van der Waals surface area contributed by atoms with Crippen molar-refractivity contribution in [3.8, 4) is 5.75 Å². The molecule has 1 aromatic heterocycles. The Balaban J connectivity index is 2.20. The minimum Gasteiger partial charge on any atom is -0.495 e. The average molecular weight is 442 g/mol. The fourth-order valence-electron chi connectivity index (χ4n) is 2.56. The van der Waals surface area contributed by atoms with Gasteiger partial charge in [-0.3, -0.25) is 9.52 Å². The number of carbonyl (C=O) groups excluding carboxylic acids is 1. The summed E-state index contributed by atoms with van der Waals surface area (Å²) in [6, 6.07) is 8.47. The first kappa shape index (κ1) is 22.1. The molecule has 0 radical (unpaired) electrons. The molecule has 1 aromatic carbocycles. The van der Waals surface area contributed by atoms with Gasteiger partial charge in [0, 0.05) is 11.9 Å².